The second-order valence-corrected chi connectivity index (χ2v) is 28.4. The third-order valence-corrected chi connectivity index (χ3v) is 18.2. The van der Waals surface area contributed by atoms with Crippen molar-refractivity contribution >= 4 is 17.9 Å². The molecule has 0 fully saturated rings. The van der Waals surface area contributed by atoms with Gasteiger partial charge in [0, 0.05) is 12.8 Å². The largest absolute Gasteiger partial charge is 0.477 e. The molecule has 0 bridgehead atoms. The summed E-state index contributed by atoms with van der Waals surface area (Å²) in [6.45, 7) is 4.96. The van der Waals surface area contributed by atoms with Crippen LogP contribution in [0.2, 0.25) is 0 Å². The van der Waals surface area contributed by atoms with E-state index in [1.54, 1.807) is 0 Å². The summed E-state index contributed by atoms with van der Waals surface area (Å²) in [7, 11) is 6.00. The Morgan fingerprint density at radius 2 is 0.607 bits per heavy atom. The van der Waals surface area contributed by atoms with Crippen molar-refractivity contribution in [2.45, 2.75) is 424 Å². The SMILES string of the molecule is CCCCCCC/C=C\C/C=C\CCCCCCCCCCCCCCCCCCCCCCCCCCCCCC(=O)OC(COC(=O)CCCCCCCCCCCCCCCCCCCCCCCCCCC)COC(OCC[N+](C)(C)C)C(=O)O. The molecular formula is C80H154NO8+. The van der Waals surface area contributed by atoms with Crippen LogP contribution in [0.15, 0.2) is 24.3 Å². The van der Waals surface area contributed by atoms with Crippen LogP contribution < -0.4 is 0 Å². The van der Waals surface area contributed by atoms with Gasteiger partial charge in [0.25, 0.3) is 6.29 Å². The van der Waals surface area contributed by atoms with Gasteiger partial charge in [0.2, 0.25) is 0 Å². The van der Waals surface area contributed by atoms with E-state index in [4.69, 9.17) is 18.9 Å². The lowest BCUT2D eigenvalue weighted by Crippen LogP contribution is -2.40. The van der Waals surface area contributed by atoms with Crippen molar-refractivity contribution in [1.82, 2.24) is 0 Å². The van der Waals surface area contributed by atoms with Crippen LogP contribution in [-0.2, 0) is 33.3 Å². The molecule has 526 valence electrons. The molecule has 0 radical (unpaired) electrons. The minimum absolute atomic E-state index is 0.173. The van der Waals surface area contributed by atoms with Crippen LogP contribution >= 0.6 is 0 Å². The third-order valence-electron chi connectivity index (χ3n) is 18.2. The van der Waals surface area contributed by atoms with E-state index in [1.165, 1.54) is 340 Å². The molecule has 9 nitrogen and oxygen atoms in total. The molecule has 0 aromatic carbocycles. The molecule has 0 saturated heterocycles. The smallest absolute Gasteiger partial charge is 0.361 e. The zero-order valence-electron chi connectivity index (χ0n) is 60.4. The molecule has 89 heavy (non-hydrogen) atoms. The molecule has 0 saturated carbocycles. The number of ether oxygens (including phenoxy) is 4. The van der Waals surface area contributed by atoms with E-state index < -0.39 is 18.4 Å². The second-order valence-electron chi connectivity index (χ2n) is 28.4. The molecule has 2 atom stereocenters. The highest BCUT2D eigenvalue weighted by atomic mass is 16.7. The van der Waals surface area contributed by atoms with Gasteiger partial charge in [-0.2, -0.15) is 0 Å². The van der Waals surface area contributed by atoms with Crippen molar-refractivity contribution in [3.05, 3.63) is 24.3 Å². The zero-order chi connectivity index (χ0) is 64.7. The Bertz CT molecular complexity index is 1510. The fraction of sp³-hybridized carbons (Fsp3) is 0.912. The molecule has 0 aromatic rings. The summed E-state index contributed by atoms with van der Waals surface area (Å²) in [6, 6.07) is 0. The maximum absolute atomic E-state index is 13.0. The van der Waals surface area contributed by atoms with Gasteiger partial charge in [-0.1, -0.05) is 378 Å². The number of aliphatic carboxylic acids is 1. The summed E-state index contributed by atoms with van der Waals surface area (Å²) in [6.07, 6.45) is 87.7. The summed E-state index contributed by atoms with van der Waals surface area (Å²) in [5, 5.41) is 9.76. The summed E-state index contributed by atoms with van der Waals surface area (Å²) in [4.78, 5) is 37.7. The van der Waals surface area contributed by atoms with E-state index in [1.807, 2.05) is 21.1 Å². The minimum atomic E-state index is -1.51. The molecule has 0 rings (SSSR count). The molecule has 0 aliphatic rings. The first kappa shape index (κ1) is 86.8. The zero-order valence-corrected chi connectivity index (χ0v) is 60.4. The highest BCUT2D eigenvalue weighted by Crippen LogP contribution is 2.20. The predicted molar refractivity (Wildman–Crippen MR) is 383 cm³/mol. The number of quaternary nitrogens is 1. The average Bonchev–Trinajstić information content (AvgIpc) is 3.64. The second kappa shape index (κ2) is 71.6. The Morgan fingerprint density at radius 1 is 0.337 bits per heavy atom. The number of allylic oxidation sites excluding steroid dienone is 4. The maximum atomic E-state index is 13.0. The minimum Gasteiger partial charge on any atom is -0.477 e. The molecule has 0 aliphatic heterocycles. The van der Waals surface area contributed by atoms with Crippen molar-refractivity contribution in [2.24, 2.45) is 0 Å². The molecular weight excluding hydrogens is 1100 g/mol. The number of carboxylic acids is 1. The average molecular weight is 1260 g/mol. The van der Waals surface area contributed by atoms with Gasteiger partial charge in [-0.25, -0.2) is 4.79 Å². The quantitative estimate of drug-likeness (QED) is 0.0211. The Hall–Kier alpha value is -2.23. The van der Waals surface area contributed by atoms with Crippen LogP contribution in [0.5, 0.6) is 0 Å². The molecule has 9 heteroatoms. The van der Waals surface area contributed by atoms with Crippen LogP contribution in [0.1, 0.15) is 412 Å². The maximum Gasteiger partial charge on any atom is 0.361 e. The fourth-order valence-corrected chi connectivity index (χ4v) is 12.2. The van der Waals surface area contributed by atoms with Gasteiger partial charge in [0.1, 0.15) is 13.2 Å². The molecule has 0 heterocycles. The molecule has 2 unspecified atom stereocenters. The van der Waals surface area contributed by atoms with Gasteiger partial charge >= 0.3 is 17.9 Å². The molecule has 0 aromatic heterocycles. The van der Waals surface area contributed by atoms with Gasteiger partial charge in [0.15, 0.2) is 6.10 Å². The normalized spacial score (nSPS) is 12.7. The van der Waals surface area contributed by atoms with Crippen LogP contribution in [0, 0.1) is 0 Å². The number of carbonyl (C=O) groups excluding carboxylic acids is 2. The lowest BCUT2D eigenvalue weighted by Gasteiger charge is -2.25. The lowest BCUT2D eigenvalue weighted by atomic mass is 10.0. The van der Waals surface area contributed by atoms with E-state index >= 15 is 0 Å². The standard InChI is InChI=1S/C80H153NO8/c1-6-8-10-12-14-16-18-20-22-24-26-28-30-32-33-34-35-36-37-38-39-40-41-42-43-44-45-47-49-51-53-55-57-59-61-63-65-67-69-71-78(83)89-76(75-88-80(79(84)85)86-73-72-81(3,4)5)74-87-77(82)70-68-66-64-62-60-58-56-54-52-50-48-46-31-29-27-25-23-21-19-17-15-13-11-9-7-2/h18,20,24,26,76,80H,6-17,19,21-23,25,27-75H2,1-5H3/p+1/b20-18-,26-24-. The van der Waals surface area contributed by atoms with E-state index in [9.17, 15) is 19.5 Å². The first-order valence-corrected chi connectivity index (χ1v) is 39.5. The van der Waals surface area contributed by atoms with Gasteiger partial charge in [-0.3, -0.25) is 9.59 Å². The van der Waals surface area contributed by atoms with Crippen LogP contribution in [0.4, 0.5) is 0 Å². The van der Waals surface area contributed by atoms with E-state index in [2.05, 4.69) is 38.2 Å². The fourth-order valence-electron chi connectivity index (χ4n) is 12.2. The number of hydrogen-bond acceptors (Lipinski definition) is 7. The topological polar surface area (TPSA) is 108 Å². The number of carbonyl (C=O) groups is 3. The molecule has 0 amide bonds. The Balaban J connectivity index is 3.94. The highest BCUT2D eigenvalue weighted by Gasteiger charge is 2.25. The summed E-state index contributed by atoms with van der Waals surface area (Å²) >= 11 is 0. The van der Waals surface area contributed by atoms with Crippen LogP contribution in [-0.4, -0.2) is 87.4 Å². The number of esters is 2. The molecule has 1 N–H and O–H groups in total. The van der Waals surface area contributed by atoms with Gasteiger partial charge in [0.05, 0.1) is 34.4 Å². The van der Waals surface area contributed by atoms with Crippen molar-refractivity contribution in [3.8, 4) is 0 Å². The summed E-state index contributed by atoms with van der Waals surface area (Å²) < 4.78 is 23.1. The predicted octanol–water partition coefficient (Wildman–Crippen LogP) is 24.9. The summed E-state index contributed by atoms with van der Waals surface area (Å²) in [5.74, 6) is -1.97. The van der Waals surface area contributed by atoms with E-state index in [0.717, 1.165) is 44.9 Å². The monoisotopic (exact) mass is 1260 g/mol. The number of likely N-dealkylation sites (N-methyl/N-ethyl adjacent to an activating group) is 1. The van der Waals surface area contributed by atoms with Crippen LogP contribution in [0.3, 0.4) is 0 Å². The van der Waals surface area contributed by atoms with Gasteiger partial charge in [-0.15, -0.1) is 0 Å². The van der Waals surface area contributed by atoms with E-state index in [-0.39, 0.29) is 38.2 Å². The van der Waals surface area contributed by atoms with Crippen molar-refractivity contribution in [2.75, 3.05) is 47.5 Å². The molecule has 0 aliphatic carbocycles. The molecule has 0 spiro atoms. The van der Waals surface area contributed by atoms with Gasteiger partial charge in [-0.05, 0) is 44.9 Å². The Labute approximate surface area is 554 Å². The van der Waals surface area contributed by atoms with Crippen LogP contribution in [0.25, 0.3) is 0 Å². The number of nitrogens with zero attached hydrogens (tertiary/aromatic N) is 1. The van der Waals surface area contributed by atoms with Gasteiger partial charge < -0.3 is 28.5 Å². The third kappa shape index (κ3) is 73.1. The Kier molecular flexibility index (Phi) is 69.8. The van der Waals surface area contributed by atoms with Crippen molar-refractivity contribution in [1.29, 1.82) is 0 Å². The van der Waals surface area contributed by atoms with Crippen molar-refractivity contribution in [3.63, 3.8) is 0 Å². The lowest BCUT2D eigenvalue weighted by molar-refractivity contribution is -0.870. The van der Waals surface area contributed by atoms with E-state index in [0.29, 0.717) is 17.4 Å². The number of carboxylic acid groups (broad SMARTS) is 1. The van der Waals surface area contributed by atoms with Crippen molar-refractivity contribution < 1.29 is 42.9 Å². The number of rotatable bonds is 75. The number of hydrogen-bond donors (Lipinski definition) is 1. The number of unbranched alkanes of at least 4 members (excludes halogenated alkanes) is 56. The highest BCUT2D eigenvalue weighted by molar-refractivity contribution is 5.71. The first-order chi connectivity index (χ1) is 43.6. The first-order valence-electron chi connectivity index (χ1n) is 39.5. The summed E-state index contributed by atoms with van der Waals surface area (Å²) in [5.41, 5.74) is 0. The Morgan fingerprint density at radius 3 is 0.888 bits per heavy atom.